The van der Waals surface area contributed by atoms with Crippen LogP contribution >= 0.6 is 0 Å². The highest BCUT2D eigenvalue weighted by Crippen LogP contribution is 2.51. The maximum atomic E-state index is 7.05. The molecule has 68 heavy (non-hydrogen) atoms. The van der Waals surface area contributed by atoms with Crippen molar-refractivity contribution in [2.45, 2.75) is 79.1 Å². The van der Waals surface area contributed by atoms with Crippen molar-refractivity contribution >= 4 is 110 Å². The van der Waals surface area contributed by atoms with Gasteiger partial charge in [-0.05, 0) is 116 Å². The second-order valence-corrected chi connectivity index (χ2v) is 20.0. The third-order valence-electron chi connectivity index (χ3n) is 14.5. The first-order chi connectivity index (χ1) is 33.0. The van der Waals surface area contributed by atoms with Crippen LogP contribution in [0.5, 0.6) is 0 Å². The Kier molecular flexibility index (Phi) is 9.88. The van der Waals surface area contributed by atoms with Crippen LogP contribution in [-0.2, 0) is 0 Å². The van der Waals surface area contributed by atoms with Crippen molar-refractivity contribution in [2.75, 3.05) is 9.80 Å². The van der Waals surface area contributed by atoms with E-state index >= 15 is 0 Å². The van der Waals surface area contributed by atoms with E-state index < -0.39 is 0 Å². The van der Waals surface area contributed by atoms with E-state index in [9.17, 15) is 0 Å². The topological polar surface area (TPSA) is 32.8 Å². The number of rotatable bonds is 10. The molecule has 0 bridgehead atoms. The molecule has 0 N–H and O–H groups in total. The fourth-order valence-electron chi connectivity index (χ4n) is 10.9. The summed E-state index contributed by atoms with van der Waals surface area (Å²) in [5.41, 5.74) is 15.1. The van der Waals surface area contributed by atoms with Crippen molar-refractivity contribution in [3.05, 3.63) is 192 Å². The molecular weight excluding hydrogens is 829 g/mol. The molecular formula is C64H56N2O2. The summed E-state index contributed by atoms with van der Waals surface area (Å²) in [5, 5.41) is 11.8. The number of furan rings is 2. The lowest BCUT2D eigenvalue weighted by Gasteiger charge is -2.29. The summed E-state index contributed by atoms with van der Waals surface area (Å²) in [6.07, 6.45) is 0. The number of benzene rings is 10. The van der Waals surface area contributed by atoms with Gasteiger partial charge in [-0.25, -0.2) is 0 Å². The maximum absolute atomic E-state index is 7.05. The van der Waals surface area contributed by atoms with Gasteiger partial charge in [0.2, 0.25) is 0 Å². The van der Waals surface area contributed by atoms with Crippen LogP contribution in [0.2, 0.25) is 0 Å². The third-order valence-corrected chi connectivity index (χ3v) is 14.5. The normalized spacial score (nSPS) is 12.4. The third kappa shape index (κ3) is 6.48. The fraction of sp³-hybridized carbons (Fsp3) is 0.188. The first-order valence-electron chi connectivity index (χ1n) is 24.4. The Balaban J connectivity index is 1.12. The van der Waals surface area contributed by atoms with E-state index in [1.54, 1.807) is 0 Å². The molecule has 0 unspecified atom stereocenters. The molecule has 0 radical (unpaired) electrons. The van der Waals surface area contributed by atoms with Crippen molar-refractivity contribution in [3.8, 4) is 0 Å². The molecule has 12 aromatic rings. The minimum Gasteiger partial charge on any atom is -0.454 e. The molecule has 0 aliphatic carbocycles. The lowest BCUT2D eigenvalue weighted by atomic mass is 9.91. The summed E-state index contributed by atoms with van der Waals surface area (Å²) in [6.45, 7) is 18.0. The average molecular weight is 885 g/mol. The SMILES string of the molecule is CC(C)c1ccc(N(c2ccc3ccc4c(N(c5ccc(C(C)C)cc5)c5cccc6c5oc5c(C(C)C)cccc56)ccc5ccc2c3c54)c2cccc3c2oc2c(C(C)C)cccc23)cc1. The van der Waals surface area contributed by atoms with Crippen molar-refractivity contribution in [1.29, 1.82) is 0 Å². The molecule has 334 valence electrons. The standard InChI is InChI=1S/C64H56N2O2/c1-37(2)41-21-29-45(30-22-41)65(57-19-11-17-51-49-15-9-13-47(39(5)6)61(49)67-63(51)57)55-35-27-43-26-34-54-56(36-28-44-25-33-53(55)59(43)60(44)54)66(46-31-23-42(24-32-46)38(3)4)58-20-12-18-52-50-16-10-14-48(40(7)8)62(50)68-64(52)58/h9-40H,1-8H3. The molecule has 4 nitrogen and oxygen atoms in total. The molecule has 0 fully saturated rings. The zero-order valence-electron chi connectivity index (χ0n) is 40.2. The van der Waals surface area contributed by atoms with Gasteiger partial charge in [-0.1, -0.05) is 177 Å². The van der Waals surface area contributed by atoms with Crippen LogP contribution in [0.15, 0.2) is 179 Å². The van der Waals surface area contributed by atoms with Gasteiger partial charge in [0.1, 0.15) is 11.2 Å². The van der Waals surface area contributed by atoms with E-state index in [0.717, 1.165) is 78.0 Å². The van der Waals surface area contributed by atoms with Gasteiger partial charge >= 0.3 is 0 Å². The molecule has 0 saturated heterocycles. The molecule has 2 aromatic heterocycles. The number of hydrogen-bond acceptors (Lipinski definition) is 4. The van der Waals surface area contributed by atoms with Crippen LogP contribution in [0.3, 0.4) is 0 Å². The molecule has 0 aliphatic heterocycles. The summed E-state index contributed by atoms with van der Waals surface area (Å²) in [6, 6.07) is 63.0. The summed E-state index contributed by atoms with van der Waals surface area (Å²) < 4.78 is 14.1. The molecule has 0 aliphatic rings. The van der Waals surface area contributed by atoms with Gasteiger partial charge in [-0.2, -0.15) is 0 Å². The summed E-state index contributed by atoms with van der Waals surface area (Å²) in [7, 11) is 0. The van der Waals surface area contributed by atoms with Crippen LogP contribution in [0.4, 0.5) is 34.1 Å². The molecule has 0 atom stereocenters. The van der Waals surface area contributed by atoms with E-state index in [0.29, 0.717) is 23.7 Å². The summed E-state index contributed by atoms with van der Waals surface area (Å²) in [5.74, 6) is 1.48. The van der Waals surface area contributed by atoms with E-state index in [1.807, 2.05) is 0 Å². The molecule has 0 amide bonds. The number of nitrogens with zero attached hydrogens (tertiary/aromatic N) is 2. The number of hydrogen-bond donors (Lipinski definition) is 0. The lowest BCUT2D eigenvalue weighted by molar-refractivity contribution is 0.657. The van der Waals surface area contributed by atoms with Crippen LogP contribution in [0.25, 0.3) is 76.2 Å². The lowest BCUT2D eigenvalue weighted by Crippen LogP contribution is -2.12. The molecule has 12 rings (SSSR count). The predicted octanol–water partition coefficient (Wildman–Crippen LogP) is 19.8. The van der Waals surface area contributed by atoms with Gasteiger partial charge in [0, 0.05) is 43.7 Å². The highest BCUT2D eigenvalue weighted by molar-refractivity contribution is 6.29. The molecule has 10 aromatic carbocycles. The van der Waals surface area contributed by atoms with Crippen molar-refractivity contribution < 1.29 is 8.83 Å². The van der Waals surface area contributed by atoms with E-state index in [-0.39, 0.29) is 0 Å². The smallest absolute Gasteiger partial charge is 0.159 e. The Morgan fingerprint density at radius 3 is 1.01 bits per heavy atom. The van der Waals surface area contributed by atoms with Crippen molar-refractivity contribution in [1.82, 2.24) is 0 Å². The van der Waals surface area contributed by atoms with Gasteiger partial charge in [-0.3, -0.25) is 0 Å². The molecule has 4 heteroatoms. The second kappa shape index (κ2) is 16.1. The number of fused-ring (bicyclic) bond motifs is 6. The predicted molar refractivity (Wildman–Crippen MR) is 290 cm³/mol. The minimum atomic E-state index is 0.324. The minimum absolute atomic E-state index is 0.324. The van der Waals surface area contributed by atoms with E-state index in [4.69, 9.17) is 8.83 Å². The monoisotopic (exact) mass is 884 g/mol. The van der Waals surface area contributed by atoms with Crippen LogP contribution in [0.1, 0.15) is 101 Å². The van der Waals surface area contributed by atoms with Crippen LogP contribution in [0, 0.1) is 0 Å². The van der Waals surface area contributed by atoms with E-state index in [2.05, 4.69) is 235 Å². The van der Waals surface area contributed by atoms with Crippen molar-refractivity contribution in [2.24, 2.45) is 0 Å². The second-order valence-electron chi connectivity index (χ2n) is 20.0. The zero-order chi connectivity index (χ0) is 46.5. The Morgan fingerprint density at radius 2 is 0.647 bits per heavy atom. The fourth-order valence-corrected chi connectivity index (χ4v) is 10.9. The van der Waals surface area contributed by atoms with Gasteiger partial charge in [0.05, 0.1) is 22.7 Å². The van der Waals surface area contributed by atoms with Crippen molar-refractivity contribution in [3.63, 3.8) is 0 Å². The van der Waals surface area contributed by atoms with Gasteiger partial charge in [-0.15, -0.1) is 0 Å². The first kappa shape index (κ1) is 41.8. The number of anilines is 6. The highest BCUT2D eigenvalue weighted by atomic mass is 16.3. The first-order valence-corrected chi connectivity index (χ1v) is 24.4. The number of para-hydroxylation sites is 4. The highest BCUT2D eigenvalue weighted by Gasteiger charge is 2.27. The summed E-state index contributed by atoms with van der Waals surface area (Å²) >= 11 is 0. The molecule has 0 spiro atoms. The van der Waals surface area contributed by atoms with Gasteiger partial charge < -0.3 is 18.6 Å². The molecule has 2 heterocycles. The Labute approximate surface area is 398 Å². The summed E-state index contributed by atoms with van der Waals surface area (Å²) in [4.78, 5) is 4.85. The van der Waals surface area contributed by atoms with E-state index in [1.165, 1.54) is 54.6 Å². The maximum Gasteiger partial charge on any atom is 0.159 e. The Bertz CT molecular complexity index is 3610. The van der Waals surface area contributed by atoms with Crippen LogP contribution in [-0.4, -0.2) is 0 Å². The Morgan fingerprint density at radius 1 is 0.294 bits per heavy atom. The van der Waals surface area contributed by atoms with Gasteiger partial charge in [0.25, 0.3) is 0 Å². The Hall–Kier alpha value is -7.56. The van der Waals surface area contributed by atoms with Crippen LogP contribution < -0.4 is 9.80 Å². The average Bonchev–Trinajstić information content (AvgIpc) is 3.94. The zero-order valence-corrected chi connectivity index (χ0v) is 40.2. The van der Waals surface area contributed by atoms with Gasteiger partial charge in [0.15, 0.2) is 11.2 Å². The largest absolute Gasteiger partial charge is 0.454 e. The molecule has 0 saturated carbocycles. The quantitative estimate of drug-likeness (QED) is 0.128.